The van der Waals surface area contributed by atoms with Crippen molar-refractivity contribution in [3.05, 3.63) is 96.3 Å². The highest BCUT2D eigenvalue weighted by molar-refractivity contribution is 7.99. The fraction of sp³-hybridized carbons (Fsp3) is 0.120. The predicted octanol–water partition coefficient (Wildman–Crippen LogP) is 4.78. The van der Waals surface area contributed by atoms with E-state index in [9.17, 15) is 9.59 Å². The molecule has 0 unspecified atom stereocenters. The van der Waals surface area contributed by atoms with Crippen molar-refractivity contribution in [3.8, 4) is 11.4 Å². The maximum Gasteiger partial charge on any atom is 0.234 e. The maximum atomic E-state index is 12.5. The van der Waals surface area contributed by atoms with Crippen molar-refractivity contribution in [2.75, 3.05) is 11.1 Å². The molecule has 1 heterocycles. The number of carbonyl (C=O) groups excluding carboxylic acids is 2. The average molecular weight is 459 g/mol. The summed E-state index contributed by atoms with van der Waals surface area (Å²) < 4.78 is 7.75. The second kappa shape index (κ2) is 10.6. The van der Waals surface area contributed by atoms with E-state index >= 15 is 0 Å². The highest BCUT2D eigenvalue weighted by Crippen LogP contribution is 2.23. The Morgan fingerprint density at radius 2 is 1.67 bits per heavy atom. The molecule has 33 heavy (non-hydrogen) atoms. The van der Waals surface area contributed by atoms with E-state index in [2.05, 4.69) is 15.5 Å². The number of benzene rings is 3. The number of aromatic nitrogens is 3. The van der Waals surface area contributed by atoms with Gasteiger partial charge in [0.25, 0.3) is 0 Å². The zero-order chi connectivity index (χ0) is 23.0. The normalized spacial score (nSPS) is 10.6. The Bertz CT molecular complexity index is 1240. The second-order valence-corrected chi connectivity index (χ2v) is 8.09. The van der Waals surface area contributed by atoms with Crippen molar-refractivity contribution < 1.29 is 14.3 Å². The monoisotopic (exact) mass is 458 g/mol. The number of ether oxygens (including phenoxy) is 1. The first-order chi connectivity index (χ1) is 16.1. The van der Waals surface area contributed by atoms with Gasteiger partial charge < -0.3 is 10.1 Å². The number of anilines is 1. The summed E-state index contributed by atoms with van der Waals surface area (Å²) in [4.78, 5) is 24.1. The molecule has 0 saturated carbocycles. The first-order valence-corrected chi connectivity index (χ1v) is 11.3. The van der Waals surface area contributed by atoms with E-state index in [4.69, 9.17) is 4.74 Å². The number of carbonyl (C=O) groups is 2. The van der Waals surface area contributed by atoms with E-state index in [0.717, 1.165) is 11.4 Å². The number of ketones is 1. The van der Waals surface area contributed by atoms with Crippen LogP contribution in [-0.2, 0) is 11.4 Å². The Morgan fingerprint density at radius 1 is 0.939 bits per heavy atom. The van der Waals surface area contributed by atoms with E-state index in [1.165, 1.54) is 18.7 Å². The van der Waals surface area contributed by atoms with Crippen molar-refractivity contribution in [2.24, 2.45) is 0 Å². The fourth-order valence-corrected chi connectivity index (χ4v) is 3.90. The van der Waals surface area contributed by atoms with Crippen LogP contribution in [0.15, 0.2) is 90.1 Å². The van der Waals surface area contributed by atoms with Crippen LogP contribution in [0.3, 0.4) is 0 Å². The Labute approximate surface area is 195 Å². The Hall–Kier alpha value is -3.91. The predicted molar refractivity (Wildman–Crippen MR) is 128 cm³/mol. The number of amides is 1. The van der Waals surface area contributed by atoms with Crippen LogP contribution in [0.1, 0.15) is 23.1 Å². The largest absolute Gasteiger partial charge is 0.486 e. The lowest BCUT2D eigenvalue weighted by molar-refractivity contribution is -0.113. The highest BCUT2D eigenvalue weighted by Gasteiger charge is 2.16. The van der Waals surface area contributed by atoms with Gasteiger partial charge in [-0.2, -0.15) is 0 Å². The molecule has 3 aromatic carbocycles. The minimum Gasteiger partial charge on any atom is -0.486 e. The Balaban J connectivity index is 1.47. The number of nitrogens with one attached hydrogen (secondary N) is 1. The summed E-state index contributed by atoms with van der Waals surface area (Å²) in [6, 6.07) is 26.1. The summed E-state index contributed by atoms with van der Waals surface area (Å²) >= 11 is 1.28. The van der Waals surface area contributed by atoms with Crippen LogP contribution in [0.25, 0.3) is 5.69 Å². The van der Waals surface area contributed by atoms with Crippen LogP contribution in [0.5, 0.6) is 5.75 Å². The van der Waals surface area contributed by atoms with Gasteiger partial charge in [0.05, 0.1) is 5.75 Å². The third-order valence-electron chi connectivity index (χ3n) is 4.71. The first-order valence-electron chi connectivity index (χ1n) is 10.3. The molecule has 0 atom stereocenters. The summed E-state index contributed by atoms with van der Waals surface area (Å²) in [7, 11) is 0. The number of hydrogen-bond donors (Lipinski definition) is 1. The first kappa shape index (κ1) is 22.3. The molecule has 166 valence electrons. The lowest BCUT2D eigenvalue weighted by Gasteiger charge is -2.11. The zero-order valence-corrected chi connectivity index (χ0v) is 18.8. The lowest BCUT2D eigenvalue weighted by atomic mass is 10.1. The number of hydrogen-bond acceptors (Lipinski definition) is 6. The molecule has 1 aromatic heterocycles. The van der Waals surface area contributed by atoms with E-state index in [0.29, 0.717) is 22.2 Å². The molecule has 0 bridgehead atoms. The molecule has 1 amide bonds. The third kappa shape index (κ3) is 5.87. The fourth-order valence-electron chi connectivity index (χ4n) is 3.13. The molecule has 0 saturated heterocycles. The van der Waals surface area contributed by atoms with Gasteiger partial charge in [0.15, 0.2) is 16.8 Å². The van der Waals surface area contributed by atoms with Gasteiger partial charge in [-0.1, -0.05) is 60.3 Å². The summed E-state index contributed by atoms with van der Waals surface area (Å²) in [5.74, 6) is 1.24. The SMILES string of the molecule is CC(=O)c1cccc(NC(=O)CSc2nnc(COc3ccccc3)n2-c2ccccc2)c1. The molecule has 0 aliphatic rings. The molecule has 7 nitrogen and oxygen atoms in total. The zero-order valence-electron chi connectivity index (χ0n) is 18.0. The van der Waals surface area contributed by atoms with Gasteiger partial charge in [-0.15, -0.1) is 10.2 Å². The van der Waals surface area contributed by atoms with Crippen LogP contribution in [0, 0.1) is 0 Å². The van der Waals surface area contributed by atoms with Crippen molar-refractivity contribution in [1.29, 1.82) is 0 Å². The van der Waals surface area contributed by atoms with Crippen LogP contribution < -0.4 is 10.1 Å². The van der Waals surface area contributed by atoms with Crippen molar-refractivity contribution in [1.82, 2.24) is 14.8 Å². The molecule has 0 fully saturated rings. The molecule has 4 aromatic rings. The molecule has 4 rings (SSSR count). The maximum absolute atomic E-state index is 12.5. The Morgan fingerprint density at radius 3 is 2.39 bits per heavy atom. The average Bonchev–Trinajstić information content (AvgIpc) is 3.25. The molecule has 0 spiro atoms. The van der Waals surface area contributed by atoms with Crippen LogP contribution in [0.2, 0.25) is 0 Å². The molecule has 0 radical (unpaired) electrons. The van der Waals surface area contributed by atoms with Gasteiger partial charge in [0.2, 0.25) is 5.91 Å². The van der Waals surface area contributed by atoms with Crippen LogP contribution >= 0.6 is 11.8 Å². The summed E-state index contributed by atoms with van der Waals surface area (Å²) in [5.41, 5.74) is 2.01. The summed E-state index contributed by atoms with van der Waals surface area (Å²) in [6.45, 7) is 1.72. The highest BCUT2D eigenvalue weighted by atomic mass is 32.2. The van der Waals surface area contributed by atoms with E-state index in [-0.39, 0.29) is 24.1 Å². The molecule has 1 N–H and O–H groups in total. The third-order valence-corrected chi connectivity index (χ3v) is 5.64. The van der Waals surface area contributed by atoms with Gasteiger partial charge in [-0.05, 0) is 43.3 Å². The second-order valence-electron chi connectivity index (χ2n) is 7.15. The number of Topliss-reactive ketones (excluding diaryl/α,β-unsaturated/α-hetero) is 1. The van der Waals surface area contributed by atoms with E-state index < -0.39 is 0 Å². The summed E-state index contributed by atoms with van der Waals surface area (Å²) in [6.07, 6.45) is 0. The number of nitrogens with zero attached hydrogens (tertiary/aromatic N) is 3. The standard InChI is InChI=1S/C25H22N4O3S/c1-18(30)19-9-8-10-20(15-19)26-24(31)17-33-25-28-27-23(16-32-22-13-6-3-7-14-22)29(25)21-11-4-2-5-12-21/h2-15H,16-17H2,1H3,(H,26,31). The number of thioether (sulfide) groups is 1. The molecule has 0 aliphatic heterocycles. The molecular formula is C25H22N4O3S. The summed E-state index contributed by atoms with van der Waals surface area (Å²) in [5, 5.41) is 12.0. The quantitative estimate of drug-likeness (QED) is 0.287. The lowest BCUT2D eigenvalue weighted by Crippen LogP contribution is -2.15. The van der Waals surface area contributed by atoms with Crippen molar-refractivity contribution in [3.63, 3.8) is 0 Å². The van der Waals surface area contributed by atoms with Gasteiger partial charge in [-0.3, -0.25) is 14.2 Å². The van der Waals surface area contributed by atoms with Gasteiger partial charge >= 0.3 is 0 Å². The van der Waals surface area contributed by atoms with Gasteiger partial charge in [0.1, 0.15) is 12.4 Å². The van der Waals surface area contributed by atoms with E-state index in [1.54, 1.807) is 24.3 Å². The number of para-hydroxylation sites is 2. The molecule has 8 heteroatoms. The van der Waals surface area contributed by atoms with E-state index in [1.807, 2.05) is 65.2 Å². The topological polar surface area (TPSA) is 86.1 Å². The molecular weight excluding hydrogens is 436 g/mol. The Kier molecular flexibility index (Phi) is 7.16. The van der Waals surface area contributed by atoms with Crippen molar-refractivity contribution in [2.45, 2.75) is 18.7 Å². The van der Waals surface area contributed by atoms with Crippen LogP contribution in [0.4, 0.5) is 5.69 Å². The smallest absolute Gasteiger partial charge is 0.234 e. The molecule has 0 aliphatic carbocycles. The van der Waals surface area contributed by atoms with Gasteiger partial charge in [0, 0.05) is 16.9 Å². The minimum atomic E-state index is -0.203. The minimum absolute atomic E-state index is 0.0540. The van der Waals surface area contributed by atoms with Gasteiger partial charge in [-0.25, -0.2) is 0 Å². The number of rotatable bonds is 9. The van der Waals surface area contributed by atoms with Crippen LogP contribution in [-0.4, -0.2) is 32.2 Å². The van der Waals surface area contributed by atoms with Crippen molar-refractivity contribution >= 4 is 29.1 Å².